The van der Waals surface area contributed by atoms with Crippen LogP contribution in [0.15, 0.2) is 34.2 Å². The van der Waals surface area contributed by atoms with Crippen LogP contribution in [0.2, 0.25) is 0 Å². The van der Waals surface area contributed by atoms with Crippen molar-refractivity contribution >= 4 is 44.4 Å². The van der Waals surface area contributed by atoms with E-state index < -0.39 is 0 Å². The molecule has 0 atom stereocenters. The fourth-order valence-electron chi connectivity index (χ4n) is 2.52. The van der Waals surface area contributed by atoms with Crippen LogP contribution in [0.25, 0.3) is 10.2 Å². The van der Waals surface area contributed by atoms with Gasteiger partial charge in [0.2, 0.25) is 5.91 Å². The molecule has 0 bridgehead atoms. The molecule has 0 aliphatic rings. The van der Waals surface area contributed by atoms with Crippen molar-refractivity contribution in [3.8, 4) is 0 Å². The zero-order chi connectivity index (χ0) is 18.5. The molecule has 0 radical (unpaired) electrons. The van der Waals surface area contributed by atoms with Crippen LogP contribution < -0.4 is 10.6 Å². The first kappa shape index (κ1) is 18.7. The van der Waals surface area contributed by atoms with E-state index in [-0.39, 0.29) is 17.3 Å². The molecule has 3 aromatic rings. The smallest absolute Gasteiger partial charge is 0.288 e. The molecule has 0 aliphatic carbocycles. The molecular weight excluding hydrogens is 370 g/mol. The molecular formula is C17H21N5O2S2. The molecule has 2 heterocycles. The van der Waals surface area contributed by atoms with Gasteiger partial charge < -0.3 is 0 Å². The van der Waals surface area contributed by atoms with Crippen molar-refractivity contribution in [3.63, 3.8) is 0 Å². The van der Waals surface area contributed by atoms with Crippen molar-refractivity contribution in [1.82, 2.24) is 19.7 Å². The number of para-hydroxylation sites is 1. The Balaban J connectivity index is 1.71. The van der Waals surface area contributed by atoms with E-state index in [1.807, 2.05) is 31.2 Å². The number of amides is 1. The molecule has 0 saturated carbocycles. The molecule has 0 unspecified atom stereocenters. The van der Waals surface area contributed by atoms with Gasteiger partial charge in [-0.05, 0) is 25.5 Å². The fourth-order valence-corrected chi connectivity index (χ4v) is 4.42. The summed E-state index contributed by atoms with van der Waals surface area (Å²) in [6.07, 6.45) is 1.88. The predicted octanol–water partition coefficient (Wildman–Crippen LogP) is 3.13. The molecule has 9 heteroatoms. The Morgan fingerprint density at radius 3 is 2.88 bits per heavy atom. The molecule has 0 fully saturated rings. The third-order valence-electron chi connectivity index (χ3n) is 3.91. The number of rotatable bonds is 8. The van der Waals surface area contributed by atoms with Gasteiger partial charge in [0.15, 0.2) is 10.3 Å². The minimum Gasteiger partial charge on any atom is -0.288 e. The lowest BCUT2D eigenvalue weighted by Gasteiger charge is -2.17. The largest absolute Gasteiger partial charge is 0.343 e. The standard InChI is InChI=1S/C17H21N5O2S2/c1-3-5-10-22-15(24)19-20-17(22)25-11-14(23)21(4-2)16-18-12-8-6-7-9-13(12)26-16/h6-9H,3-5,10-11H2,1-2H3,(H,19,24). The van der Waals surface area contributed by atoms with Crippen molar-refractivity contribution < 1.29 is 4.79 Å². The maximum Gasteiger partial charge on any atom is 0.343 e. The fraction of sp³-hybridized carbons (Fsp3) is 0.412. The number of aromatic amines is 1. The van der Waals surface area contributed by atoms with Crippen LogP contribution in [-0.2, 0) is 11.3 Å². The number of anilines is 1. The van der Waals surface area contributed by atoms with Gasteiger partial charge in [0, 0.05) is 13.1 Å². The van der Waals surface area contributed by atoms with Crippen LogP contribution in [-0.4, -0.2) is 38.0 Å². The highest BCUT2D eigenvalue weighted by Crippen LogP contribution is 2.29. The zero-order valence-corrected chi connectivity index (χ0v) is 16.4. The van der Waals surface area contributed by atoms with Crippen molar-refractivity contribution in [2.45, 2.75) is 38.4 Å². The van der Waals surface area contributed by atoms with Gasteiger partial charge in [-0.2, -0.15) is 0 Å². The number of nitrogens with zero attached hydrogens (tertiary/aromatic N) is 4. The monoisotopic (exact) mass is 391 g/mol. The van der Waals surface area contributed by atoms with Gasteiger partial charge in [-0.3, -0.25) is 14.3 Å². The summed E-state index contributed by atoms with van der Waals surface area (Å²) in [5.41, 5.74) is 0.666. The summed E-state index contributed by atoms with van der Waals surface area (Å²) in [6, 6.07) is 7.84. The molecule has 26 heavy (non-hydrogen) atoms. The van der Waals surface area contributed by atoms with Gasteiger partial charge in [0.1, 0.15) is 0 Å². The lowest BCUT2D eigenvalue weighted by molar-refractivity contribution is -0.116. The number of carbonyl (C=O) groups excluding carboxylic acids is 1. The maximum atomic E-state index is 12.7. The predicted molar refractivity (Wildman–Crippen MR) is 106 cm³/mol. The molecule has 0 saturated heterocycles. The van der Waals surface area contributed by atoms with Crippen molar-refractivity contribution in [2.24, 2.45) is 0 Å². The number of hydrogen-bond donors (Lipinski definition) is 1. The van der Waals surface area contributed by atoms with Gasteiger partial charge >= 0.3 is 5.69 Å². The minimum atomic E-state index is -0.230. The first-order chi connectivity index (χ1) is 12.6. The number of benzene rings is 1. The molecule has 0 aliphatic heterocycles. The van der Waals surface area contributed by atoms with E-state index in [4.69, 9.17) is 0 Å². The summed E-state index contributed by atoms with van der Waals surface area (Å²) in [7, 11) is 0. The third-order valence-corrected chi connectivity index (χ3v) is 5.93. The van der Waals surface area contributed by atoms with Crippen molar-refractivity contribution in [1.29, 1.82) is 0 Å². The van der Waals surface area contributed by atoms with Crippen molar-refractivity contribution in [3.05, 3.63) is 34.7 Å². The van der Waals surface area contributed by atoms with E-state index >= 15 is 0 Å². The summed E-state index contributed by atoms with van der Waals surface area (Å²) < 4.78 is 2.65. The second-order valence-electron chi connectivity index (χ2n) is 5.71. The van der Waals surface area contributed by atoms with Crippen LogP contribution in [0.5, 0.6) is 0 Å². The number of unbranched alkanes of at least 4 members (excludes halogenated alkanes) is 1. The number of nitrogens with one attached hydrogen (secondary N) is 1. The Morgan fingerprint density at radius 1 is 1.35 bits per heavy atom. The second kappa shape index (κ2) is 8.50. The van der Waals surface area contributed by atoms with Crippen molar-refractivity contribution in [2.75, 3.05) is 17.2 Å². The number of carbonyl (C=O) groups is 1. The number of aromatic nitrogens is 4. The Labute approximate surface area is 159 Å². The minimum absolute atomic E-state index is 0.0472. The molecule has 1 N–H and O–H groups in total. The number of hydrogen-bond acceptors (Lipinski definition) is 6. The number of fused-ring (bicyclic) bond motifs is 1. The number of H-pyrrole nitrogens is 1. The summed E-state index contributed by atoms with van der Waals surface area (Å²) in [6.45, 7) is 5.15. The first-order valence-electron chi connectivity index (χ1n) is 8.58. The Morgan fingerprint density at radius 2 is 2.15 bits per heavy atom. The number of thiazole rings is 1. The SMILES string of the molecule is CCCCn1c(SCC(=O)N(CC)c2nc3ccccc3s2)n[nH]c1=O. The summed E-state index contributed by atoms with van der Waals surface area (Å²) in [4.78, 5) is 30.8. The van der Waals surface area contributed by atoms with Gasteiger partial charge in [0.05, 0.1) is 16.0 Å². The van der Waals surface area contributed by atoms with Crippen LogP contribution >= 0.6 is 23.1 Å². The van der Waals surface area contributed by atoms with E-state index in [0.29, 0.717) is 23.4 Å². The highest BCUT2D eigenvalue weighted by molar-refractivity contribution is 7.99. The highest BCUT2D eigenvalue weighted by atomic mass is 32.2. The van der Waals surface area contributed by atoms with Gasteiger partial charge in [-0.1, -0.05) is 48.6 Å². The van der Waals surface area contributed by atoms with Crippen LogP contribution in [0, 0.1) is 0 Å². The van der Waals surface area contributed by atoms with E-state index in [1.165, 1.54) is 23.1 Å². The quantitative estimate of drug-likeness (QED) is 0.597. The van der Waals surface area contributed by atoms with Crippen LogP contribution in [0.3, 0.4) is 0 Å². The Hall–Kier alpha value is -2.13. The van der Waals surface area contributed by atoms with Crippen LogP contribution in [0.1, 0.15) is 26.7 Å². The normalized spacial score (nSPS) is 11.2. The van der Waals surface area contributed by atoms with Crippen LogP contribution in [0.4, 0.5) is 5.13 Å². The molecule has 138 valence electrons. The molecule has 7 nitrogen and oxygen atoms in total. The zero-order valence-electron chi connectivity index (χ0n) is 14.8. The van der Waals surface area contributed by atoms with E-state index in [9.17, 15) is 9.59 Å². The Kier molecular flexibility index (Phi) is 6.10. The molecule has 1 amide bonds. The molecule has 0 spiro atoms. The molecule has 1 aromatic carbocycles. The van der Waals surface area contributed by atoms with Gasteiger partial charge in [-0.15, -0.1) is 5.10 Å². The molecule has 3 rings (SSSR count). The maximum absolute atomic E-state index is 12.7. The van der Waals surface area contributed by atoms with E-state index in [0.717, 1.165) is 23.1 Å². The number of thioether (sulfide) groups is 1. The third kappa shape index (κ3) is 3.99. The second-order valence-corrected chi connectivity index (χ2v) is 7.66. The van der Waals surface area contributed by atoms with E-state index in [2.05, 4.69) is 22.1 Å². The topological polar surface area (TPSA) is 83.9 Å². The first-order valence-corrected chi connectivity index (χ1v) is 10.4. The lowest BCUT2D eigenvalue weighted by Crippen LogP contribution is -2.32. The Bertz CT molecular complexity index is 913. The van der Waals surface area contributed by atoms with E-state index in [1.54, 1.807) is 9.47 Å². The summed E-state index contributed by atoms with van der Waals surface area (Å²) in [5.74, 6) is 0.161. The lowest BCUT2D eigenvalue weighted by atomic mass is 10.3. The van der Waals surface area contributed by atoms with Gasteiger partial charge in [-0.25, -0.2) is 14.9 Å². The summed E-state index contributed by atoms with van der Waals surface area (Å²) in [5, 5.41) is 7.75. The highest BCUT2D eigenvalue weighted by Gasteiger charge is 2.19. The van der Waals surface area contributed by atoms with Gasteiger partial charge in [0.25, 0.3) is 0 Å². The average Bonchev–Trinajstić information content (AvgIpc) is 3.22. The summed E-state index contributed by atoms with van der Waals surface area (Å²) >= 11 is 2.78. The molecule has 2 aromatic heterocycles. The average molecular weight is 392 g/mol.